The number of nitrogens with zero attached hydrogens (tertiary/aromatic N) is 1. The first-order valence-corrected chi connectivity index (χ1v) is 5.78. The lowest BCUT2D eigenvalue weighted by atomic mass is 10.2. The summed E-state index contributed by atoms with van der Waals surface area (Å²) in [6, 6.07) is 8.13. The maximum atomic E-state index is 4.40. The first-order valence-electron chi connectivity index (χ1n) is 4.99. The van der Waals surface area contributed by atoms with Crippen LogP contribution in [-0.2, 0) is 0 Å². The number of para-hydroxylation sites is 1. The fourth-order valence-electron chi connectivity index (χ4n) is 1.50. The molecule has 1 aromatic heterocycles. The normalized spacial score (nSPS) is 9.62. The lowest BCUT2D eigenvalue weighted by Gasteiger charge is -2.06. The van der Waals surface area contributed by atoms with E-state index in [-0.39, 0.29) is 0 Å². The maximum absolute atomic E-state index is 4.40. The quantitative estimate of drug-likeness (QED) is 0.849. The molecule has 0 spiro atoms. The van der Waals surface area contributed by atoms with Gasteiger partial charge in [-0.1, -0.05) is 18.1 Å². The first-order chi connectivity index (χ1) is 7.81. The van der Waals surface area contributed by atoms with E-state index in [9.17, 15) is 0 Å². The molecule has 0 saturated heterocycles. The molecule has 0 bridgehead atoms. The zero-order valence-electron chi connectivity index (χ0n) is 8.92. The third-order valence-electron chi connectivity index (χ3n) is 2.22. The van der Waals surface area contributed by atoms with E-state index in [1.165, 1.54) is 0 Å². The Morgan fingerprint density at radius 2 is 2.31 bits per heavy atom. The van der Waals surface area contributed by atoms with Crippen molar-refractivity contribution in [1.82, 2.24) is 4.98 Å². The van der Waals surface area contributed by atoms with Gasteiger partial charge in [0.05, 0.1) is 17.7 Å². The number of halogens is 1. The molecular formula is C13H11BrN2. The highest BCUT2D eigenvalue weighted by Gasteiger charge is 2.01. The molecule has 1 N–H and O–H groups in total. The lowest BCUT2D eigenvalue weighted by molar-refractivity contribution is 1.34. The van der Waals surface area contributed by atoms with Crippen LogP contribution in [0.2, 0.25) is 0 Å². The molecule has 0 radical (unpaired) electrons. The summed E-state index contributed by atoms with van der Waals surface area (Å²) in [5, 5.41) is 4.37. The summed E-state index contributed by atoms with van der Waals surface area (Å²) in [5.74, 6) is 5.83. The molecule has 16 heavy (non-hydrogen) atoms. The second-order valence-corrected chi connectivity index (χ2v) is 4.23. The molecule has 1 aromatic carbocycles. The van der Waals surface area contributed by atoms with Gasteiger partial charge in [0.2, 0.25) is 0 Å². The Hall–Kier alpha value is -1.53. The highest BCUT2D eigenvalue weighted by atomic mass is 79.9. The number of hydrogen-bond donors (Lipinski definition) is 1. The molecule has 2 nitrogen and oxygen atoms in total. The van der Waals surface area contributed by atoms with Gasteiger partial charge in [-0.3, -0.25) is 4.98 Å². The number of nitrogens with one attached hydrogen (secondary N) is 1. The van der Waals surface area contributed by atoms with E-state index in [4.69, 9.17) is 0 Å². The summed E-state index contributed by atoms with van der Waals surface area (Å²) in [7, 11) is 0. The van der Waals surface area contributed by atoms with Gasteiger partial charge in [-0.15, -0.1) is 5.92 Å². The van der Waals surface area contributed by atoms with Crippen LogP contribution in [0.4, 0.5) is 5.69 Å². The van der Waals surface area contributed by atoms with Crippen molar-refractivity contribution in [2.24, 2.45) is 0 Å². The highest BCUT2D eigenvalue weighted by Crippen LogP contribution is 2.23. The van der Waals surface area contributed by atoms with Crippen LogP contribution in [0.1, 0.15) is 6.92 Å². The highest BCUT2D eigenvalue weighted by molar-refractivity contribution is 9.10. The second-order valence-electron chi connectivity index (χ2n) is 3.31. The van der Waals surface area contributed by atoms with Crippen LogP contribution >= 0.6 is 15.9 Å². The van der Waals surface area contributed by atoms with Crippen LogP contribution in [0, 0.1) is 11.8 Å². The molecule has 0 aliphatic heterocycles. The third kappa shape index (κ3) is 2.34. The minimum absolute atomic E-state index is 0.646. The van der Waals surface area contributed by atoms with Gasteiger partial charge in [0.25, 0.3) is 0 Å². The minimum Gasteiger partial charge on any atom is -0.372 e. The molecule has 0 unspecified atom stereocenters. The van der Waals surface area contributed by atoms with Crippen LogP contribution in [0.3, 0.4) is 0 Å². The SMILES string of the molecule is CC#CCNc1cccc2cc(Br)cnc12. The van der Waals surface area contributed by atoms with Gasteiger partial charge in [0.15, 0.2) is 0 Å². The Balaban J connectivity index is 2.40. The van der Waals surface area contributed by atoms with Gasteiger partial charge in [0, 0.05) is 16.1 Å². The van der Waals surface area contributed by atoms with Crippen molar-refractivity contribution in [2.75, 3.05) is 11.9 Å². The largest absolute Gasteiger partial charge is 0.372 e. The zero-order valence-corrected chi connectivity index (χ0v) is 10.5. The third-order valence-corrected chi connectivity index (χ3v) is 2.66. The van der Waals surface area contributed by atoms with E-state index in [2.05, 4.69) is 44.1 Å². The van der Waals surface area contributed by atoms with E-state index in [1.807, 2.05) is 25.1 Å². The van der Waals surface area contributed by atoms with Crippen LogP contribution in [-0.4, -0.2) is 11.5 Å². The Morgan fingerprint density at radius 1 is 1.44 bits per heavy atom. The molecule has 0 fully saturated rings. The average molecular weight is 275 g/mol. The van der Waals surface area contributed by atoms with E-state index in [1.54, 1.807) is 6.20 Å². The summed E-state index contributed by atoms with van der Waals surface area (Å²) in [5.41, 5.74) is 2.00. The van der Waals surface area contributed by atoms with Crippen molar-refractivity contribution < 1.29 is 0 Å². The van der Waals surface area contributed by atoms with Crippen molar-refractivity contribution in [3.63, 3.8) is 0 Å². The zero-order chi connectivity index (χ0) is 11.4. The predicted octanol–water partition coefficient (Wildman–Crippen LogP) is 3.43. The van der Waals surface area contributed by atoms with Crippen LogP contribution in [0.15, 0.2) is 34.9 Å². The number of pyridine rings is 1. The summed E-state index contributed by atoms with van der Waals surface area (Å²) >= 11 is 3.42. The number of anilines is 1. The molecule has 80 valence electrons. The minimum atomic E-state index is 0.646. The van der Waals surface area contributed by atoms with Crippen molar-refractivity contribution >= 4 is 32.5 Å². The summed E-state index contributed by atoms with van der Waals surface area (Å²) in [6.45, 7) is 2.48. The van der Waals surface area contributed by atoms with E-state index in [0.717, 1.165) is 21.1 Å². The van der Waals surface area contributed by atoms with Crippen LogP contribution in [0.25, 0.3) is 10.9 Å². The monoisotopic (exact) mass is 274 g/mol. The van der Waals surface area contributed by atoms with Gasteiger partial charge < -0.3 is 5.32 Å². The number of rotatable bonds is 2. The van der Waals surface area contributed by atoms with Crippen molar-refractivity contribution in [3.8, 4) is 11.8 Å². The van der Waals surface area contributed by atoms with Gasteiger partial charge >= 0.3 is 0 Å². The number of hydrogen-bond acceptors (Lipinski definition) is 2. The average Bonchev–Trinajstić information content (AvgIpc) is 2.29. The standard InChI is InChI=1S/C13H11BrN2/c1-2-3-7-15-12-6-4-5-10-8-11(14)9-16-13(10)12/h4-6,8-9,15H,7H2,1H3. The van der Waals surface area contributed by atoms with Crippen molar-refractivity contribution in [3.05, 3.63) is 34.9 Å². The van der Waals surface area contributed by atoms with Gasteiger partial charge in [-0.2, -0.15) is 0 Å². The molecule has 0 saturated carbocycles. The Labute approximate surface area is 103 Å². The molecule has 2 rings (SSSR count). The number of fused-ring (bicyclic) bond motifs is 1. The van der Waals surface area contributed by atoms with E-state index < -0.39 is 0 Å². The molecule has 1 heterocycles. The summed E-state index contributed by atoms with van der Waals surface area (Å²) in [4.78, 5) is 4.40. The molecule has 0 aliphatic carbocycles. The van der Waals surface area contributed by atoms with Gasteiger partial charge in [-0.05, 0) is 35.0 Å². The topological polar surface area (TPSA) is 24.9 Å². The molecule has 2 aromatic rings. The molecule has 0 amide bonds. The van der Waals surface area contributed by atoms with E-state index >= 15 is 0 Å². The van der Waals surface area contributed by atoms with Gasteiger partial charge in [-0.25, -0.2) is 0 Å². The Kier molecular flexibility index (Phi) is 3.43. The fraction of sp³-hybridized carbons (Fsp3) is 0.154. The fourth-order valence-corrected chi connectivity index (χ4v) is 1.85. The number of aromatic nitrogens is 1. The summed E-state index contributed by atoms with van der Waals surface area (Å²) < 4.78 is 0.991. The molecule has 0 aliphatic rings. The van der Waals surface area contributed by atoms with E-state index in [0.29, 0.717) is 6.54 Å². The first kappa shape index (κ1) is 11.0. The predicted molar refractivity (Wildman–Crippen MR) is 71.4 cm³/mol. The molecular weight excluding hydrogens is 264 g/mol. The smallest absolute Gasteiger partial charge is 0.0934 e. The maximum Gasteiger partial charge on any atom is 0.0934 e. The van der Waals surface area contributed by atoms with Crippen LogP contribution < -0.4 is 5.32 Å². The number of benzene rings is 1. The van der Waals surface area contributed by atoms with Gasteiger partial charge in [0.1, 0.15) is 0 Å². The second kappa shape index (κ2) is 5.00. The Bertz CT molecular complexity index is 567. The van der Waals surface area contributed by atoms with Crippen molar-refractivity contribution in [1.29, 1.82) is 0 Å². The summed E-state index contributed by atoms with van der Waals surface area (Å²) in [6.07, 6.45) is 1.80. The van der Waals surface area contributed by atoms with Crippen molar-refractivity contribution in [2.45, 2.75) is 6.92 Å². The van der Waals surface area contributed by atoms with Crippen LogP contribution in [0.5, 0.6) is 0 Å². The Morgan fingerprint density at radius 3 is 3.12 bits per heavy atom. The molecule has 0 atom stereocenters. The molecule has 3 heteroatoms. The lowest BCUT2D eigenvalue weighted by Crippen LogP contribution is -1.99.